The van der Waals surface area contributed by atoms with Crippen molar-refractivity contribution in [3.8, 4) is 0 Å². The van der Waals surface area contributed by atoms with E-state index >= 15 is 0 Å². The zero-order valence-corrected chi connectivity index (χ0v) is 14.3. The molecule has 1 fully saturated rings. The number of aromatic nitrogens is 3. The van der Waals surface area contributed by atoms with Gasteiger partial charge in [0.05, 0.1) is 19.7 Å². The Balaban J connectivity index is 1.54. The fourth-order valence-corrected chi connectivity index (χ4v) is 2.94. The molecule has 2 aromatic rings. The van der Waals surface area contributed by atoms with Gasteiger partial charge in [-0.2, -0.15) is 5.10 Å². The van der Waals surface area contributed by atoms with Crippen LogP contribution in [0.15, 0.2) is 16.5 Å². The summed E-state index contributed by atoms with van der Waals surface area (Å²) in [6, 6.07) is 3.63. The molecule has 3 rings (SSSR count). The first-order valence-electron chi connectivity index (χ1n) is 8.09. The fourth-order valence-electron chi connectivity index (χ4n) is 2.94. The second kappa shape index (κ2) is 7.14. The number of H-pyrrole nitrogens is 1. The second-order valence-corrected chi connectivity index (χ2v) is 6.02. The van der Waals surface area contributed by atoms with E-state index in [1.54, 1.807) is 6.07 Å². The van der Waals surface area contributed by atoms with Crippen LogP contribution >= 0.6 is 0 Å². The Morgan fingerprint density at radius 3 is 2.75 bits per heavy atom. The number of aryl methyl sites for hydroxylation is 1. The van der Waals surface area contributed by atoms with Gasteiger partial charge in [0.15, 0.2) is 5.82 Å². The lowest BCUT2D eigenvalue weighted by Crippen LogP contribution is -2.46. The molecule has 0 radical (unpaired) electrons. The third-order valence-electron chi connectivity index (χ3n) is 4.39. The Morgan fingerprint density at radius 1 is 1.38 bits per heavy atom. The first-order valence-corrected chi connectivity index (χ1v) is 8.09. The maximum atomic E-state index is 11.5. The number of rotatable bonds is 5. The van der Waals surface area contributed by atoms with Gasteiger partial charge in [-0.1, -0.05) is 0 Å². The number of carbonyl (C=O) groups excluding carboxylic acids is 1. The third-order valence-corrected chi connectivity index (χ3v) is 4.39. The summed E-state index contributed by atoms with van der Waals surface area (Å²) in [5.74, 6) is 2.27. The van der Waals surface area contributed by atoms with Crippen molar-refractivity contribution in [2.45, 2.75) is 26.4 Å². The Labute approximate surface area is 140 Å². The standard InChI is InChI=1S/C16H23N5O3/c1-11(13-4-5-14(24-13)16(22)23-3)21-8-6-20(7-9-21)10-15-17-12(2)18-19-15/h4-5,11H,6-10H2,1-3H3,(H,17,18,19)/t11-/m0/s1. The lowest BCUT2D eigenvalue weighted by molar-refractivity contribution is 0.0551. The Bertz CT molecular complexity index is 687. The van der Waals surface area contributed by atoms with Crippen molar-refractivity contribution in [2.75, 3.05) is 33.3 Å². The van der Waals surface area contributed by atoms with Gasteiger partial charge in [-0.05, 0) is 26.0 Å². The largest absolute Gasteiger partial charge is 0.463 e. The molecule has 8 nitrogen and oxygen atoms in total. The normalized spacial score (nSPS) is 17.8. The molecule has 1 N–H and O–H groups in total. The van der Waals surface area contributed by atoms with Crippen LogP contribution in [0.1, 0.15) is 40.9 Å². The zero-order valence-electron chi connectivity index (χ0n) is 14.3. The number of piperazine rings is 1. The van der Waals surface area contributed by atoms with Crippen molar-refractivity contribution in [1.29, 1.82) is 0 Å². The van der Waals surface area contributed by atoms with Crippen molar-refractivity contribution in [3.05, 3.63) is 35.3 Å². The van der Waals surface area contributed by atoms with E-state index in [0.29, 0.717) is 0 Å². The van der Waals surface area contributed by atoms with Crippen LogP contribution in [0.5, 0.6) is 0 Å². The molecule has 24 heavy (non-hydrogen) atoms. The molecule has 1 saturated heterocycles. The molecule has 2 aromatic heterocycles. The molecule has 0 amide bonds. The van der Waals surface area contributed by atoms with Gasteiger partial charge in [0.1, 0.15) is 11.6 Å². The molecule has 0 spiro atoms. The number of nitrogens with one attached hydrogen (secondary N) is 1. The minimum atomic E-state index is -0.444. The number of nitrogens with zero attached hydrogens (tertiary/aromatic N) is 4. The van der Waals surface area contributed by atoms with E-state index in [0.717, 1.165) is 50.1 Å². The van der Waals surface area contributed by atoms with Crippen LogP contribution in [-0.4, -0.2) is 64.2 Å². The van der Waals surface area contributed by atoms with Crippen LogP contribution in [0.4, 0.5) is 0 Å². The molecule has 0 unspecified atom stereocenters. The molecule has 130 valence electrons. The number of aromatic amines is 1. The van der Waals surface area contributed by atoms with Crippen molar-refractivity contribution in [1.82, 2.24) is 25.0 Å². The number of ether oxygens (including phenoxy) is 1. The summed E-state index contributed by atoms with van der Waals surface area (Å²) < 4.78 is 10.3. The lowest BCUT2D eigenvalue weighted by Gasteiger charge is -2.36. The van der Waals surface area contributed by atoms with Crippen LogP contribution in [0.25, 0.3) is 0 Å². The van der Waals surface area contributed by atoms with Crippen LogP contribution in [0, 0.1) is 6.92 Å². The summed E-state index contributed by atoms with van der Waals surface area (Å²) in [7, 11) is 1.35. The topological polar surface area (TPSA) is 87.5 Å². The highest BCUT2D eigenvalue weighted by atomic mass is 16.5. The van der Waals surface area contributed by atoms with E-state index in [1.165, 1.54) is 7.11 Å². The number of methoxy groups -OCH3 is 1. The molecule has 0 saturated carbocycles. The SMILES string of the molecule is COC(=O)c1ccc([C@H](C)N2CCN(Cc3n[nH]c(C)n3)CC2)o1. The number of esters is 1. The van der Waals surface area contributed by atoms with Crippen molar-refractivity contribution in [2.24, 2.45) is 0 Å². The molecule has 0 bridgehead atoms. The van der Waals surface area contributed by atoms with Crippen LogP contribution in [0.3, 0.4) is 0 Å². The second-order valence-electron chi connectivity index (χ2n) is 6.02. The number of hydrogen-bond donors (Lipinski definition) is 1. The molecule has 0 aromatic carbocycles. The van der Waals surface area contributed by atoms with Crippen molar-refractivity contribution >= 4 is 5.97 Å². The summed E-state index contributed by atoms with van der Waals surface area (Å²) in [5, 5.41) is 7.06. The molecular weight excluding hydrogens is 310 g/mol. The minimum absolute atomic E-state index is 0.122. The predicted octanol–water partition coefficient (Wildman–Crippen LogP) is 1.37. The third kappa shape index (κ3) is 3.65. The smallest absolute Gasteiger partial charge is 0.373 e. The molecule has 1 aliphatic rings. The maximum Gasteiger partial charge on any atom is 0.373 e. The molecule has 1 aliphatic heterocycles. The molecule has 0 aliphatic carbocycles. The van der Waals surface area contributed by atoms with Crippen LogP contribution in [-0.2, 0) is 11.3 Å². The van der Waals surface area contributed by atoms with E-state index in [2.05, 4.69) is 36.6 Å². The highest BCUT2D eigenvalue weighted by molar-refractivity contribution is 5.86. The van der Waals surface area contributed by atoms with Gasteiger partial charge < -0.3 is 9.15 Å². The Kier molecular flexibility index (Phi) is 4.96. The van der Waals surface area contributed by atoms with Crippen molar-refractivity contribution in [3.63, 3.8) is 0 Å². The van der Waals surface area contributed by atoms with Crippen LogP contribution < -0.4 is 0 Å². The van der Waals surface area contributed by atoms with Gasteiger partial charge in [-0.25, -0.2) is 9.78 Å². The van der Waals surface area contributed by atoms with E-state index in [-0.39, 0.29) is 11.8 Å². The van der Waals surface area contributed by atoms with E-state index < -0.39 is 5.97 Å². The summed E-state index contributed by atoms with van der Waals surface area (Å²) >= 11 is 0. The molecule has 8 heteroatoms. The first kappa shape index (κ1) is 16.7. The van der Waals surface area contributed by atoms with Gasteiger partial charge in [0.25, 0.3) is 0 Å². The van der Waals surface area contributed by atoms with Gasteiger partial charge in [-0.3, -0.25) is 14.9 Å². The van der Waals surface area contributed by atoms with E-state index in [9.17, 15) is 4.79 Å². The molecular formula is C16H23N5O3. The number of furan rings is 1. The lowest BCUT2D eigenvalue weighted by atomic mass is 10.2. The van der Waals surface area contributed by atoms with Gasteiger partial charge >= 0.3 is 5.97 Å². The predicted molar refractivity (Wildman–Crippen MR) is 86.4 cm³/mol. The quantitative estimate of drug-likeness (QED) is 0.827. The van der Waals surface area contributed by atoms with Crippen molar-refractivity contribution < 1.29 is 13.9 Å². The Morgan fingerprint density at radius 2 is 2.12 bits per heavy atom. The summed E-state index contributed by atoms with van der Waals surface area (Å²) in [4.78, 5) is 20.5. The fraction of sp³-hybridized carbons (Fsp3) is 0.562. The summed E-state index contributed by atoms with van der Waals surface area (Å²) in [5.41, 5.74) is 0. The maximum absolute atomic E-state index is 11.5. The summed E-state index contributed by atoms with van der Waals surface area (Å²) in [6.45, 7) is 8.51. The highest BCUT2D eigenvalue weighted by Crippen LogP contribution is 2.24. The Hall–Kier alpha value is -2.19. The van der Waals surface area contributed by atoms with Crippen LogP contribution in [0.2, 0.25) is 0 Å². The summed E-state index contributed by atoms with van der Waals surface area (Å²) in [6.07, 6.45) is 0. The average Bonchev–Trinajstić information content (AvgIpc) is 3.23. The molecule has 1 atom stereocenters. The van der Waals surface area contributed by atoms with E-state index in [4.69, 9.17) is 4.42 Å². The van der Waals surface area contributed by atoms with Gasteiger partial charge in [0, 0.05) is 26.2 Å². The highest BCUT2D eigenvalue weighted by Gasteiger charge is 2.25. The molecule has 3 heterocycles. The van der Waals surface area contributed by atoms with Gasteiger partial charge in [-0.15, -0.1) is 0 Å². The first-order chi connectivity index (χ1) is 11.6. The number of carbonyl (C=O) groups is 1. The van der Waals surface area contributed by atoms with E-state index in [1.807, 2.05) is 13.0 Å². The zero-order chi connectivity index (χ0) is 17.1. The number of hydrogen-bond acceptors (Lipinski definition) is 7. The average molecular weight is 333 g/mol. The van der Waals surface area contributed by atoms with Gasteiger partial charge in [0.2, 0.25) is 5.76 Å². The minimum Gasteiger partial charge on any atom is -0.463 e. The monoisotopic (exact) mass is 333 g/mol.